The quantitative estimate of drug-likeness (QED) is 0.591. The summed E-state index contributed by atoms with van der Waals surface area (Å²) in [5.41, 5.74) is 2.00. The Balaban J connectivity index is 1.67. The van der Waals surface area contributed by atoms with Gasteiger partial charge in [-0.25, -0.2) is 4.39 Å². The van der Waals surface area contributed by atoms with Crippen LogP contribution in [0.5, 0.6) is 0 Å². The van der Waals surface area contributed by atoms with Crippen LogP contribution in [0.3, 0.4) is 0 Å². The normalized spacial score (nSPS) is 14.5. The second-order valence-electron chi connectivity index (χ2n) is 6.53. The smallest absolute Gasteiger partial charge is 0.266 e. The maximum absolute atomic E-state index is 13.1. The number of amides is 1. The Morgan fingerprint density at radius 3 is 2.32 bits per heavy atom. The van der Waals surface area contributed by atoms with Gasteiger partial charge in [0.25, 0.3) is 5.91 Å². The Hall–Kier alpha value is -3.33. The fourth-order valence-electron chi connectivity index (χ4n) is 3.25. The Labute approximate surface area is 164 Å². The predicted octanol–water partition coefficient (Wildman–Crippen LogP) is 3.41. The van der Waals surface area contributed by atoms with Crippen molar-refractivity contribution in [3.8, 4) is 6.07 Å². The van der Waals surface area contributed by atoms with Gasteiger partial charge in [0.15, 0.2) is 0 Å². The number of para-hydroxylation sites is 1. The van der Waals surface area contributed by atoms with E-state index in [0.717, 1.165) is 11.4 Å². The van der Waals surface area contributed by atoms with Crippen molar-refractivity contribution in [2.75, 3.05) is 42.5 Å². The van der Waals surface area contributed by atoms with Crippen LogP contribution in [0.2, 0.25) is 0 Å². The fourth-order valence-corrected chi connectivity index (χ4v) is 3.25. The largest absolute Gasteiger partial charge is 0.368 e. The van der Waals surface area contributed by atoms with Crippen LogP contribution in [0, 0.1) is 17.1 Å². The molecule has 0 bridgehead atoms. The van der Waals surface area contributed by atoms with Crippen molar-refractivity contribution in [2.24, 2.45) is 0 Å². The van der Waals surface area contributed by atoms with Crippen molar-refractivity contribution in [1.29, 1.82) is 5.26 Å². The molecule has 0 saturated carbocycles. The summed E-state index contributed by atoms with van der Waals surface area (Å²) in [6.07, 6.45) is 1.63. The molecule has 1 heterocycles. The first-order chi connectivity index (χ1) is 13.6. The lowest BCUT2D eigenvalue weighted by Crippen LogP contribution is -2.49. The highest BCUT2D eigenvalue weighted by atomic mass is 19.1. The summed E-state index contributed by atoms with van der Waals surface area (Å²) in [6.45, 7) is 4.96. The van der Waals surface area contributed by atoms with Crippen molar-refractivity contribution in [3.63, 3.8) is 0 Å². The molecule has 5 nitrogen and oxygen atoms in total. The van der Waals surface area contributed by atoms with Gasteiger partial charge in [0, 0.05) is 50.3 Å². The Morgan fingerprint density at radius 1 is 1.11 bits per heavy atom. The van der Waals surface area contributed by atoms with Crippen LogP contribution < -0.4 is 9.80 Å². The van der Waals surface area contributed by atoms with Crippen molar-refractivity contribution in [1.82, 2.24) is 4.90 Å². The van der Waals surface area contributed by atoms with E-state index in [2.05, 4.69) is 11.0 Å². The topological polar surface area (TPSA) is 50.6 Å². The molecular formula is C22H23FN4O. The SMILES string of the molecule is CCN(/C=C(/C#N)C(=O)N1CCN(c2ccc(F)cc2)CC1)c1ccccc1. The van der Waals surface area contributed by atoms with E-state index < -0.39 is 0 Å². The monoisotopic (exact) mass is 378 g/mol. The zero-order valence-corrected chi connectivity index (χ0v) is 15.9. The minimum atomic E-state index is -0.264. The van der Waals surface area contributed by atoms with E-state index in [1.807, 2.05) is 42.2 Å². The molecule has 6 heteroatoms. The summed E-state index contributed by atoms with van der Waals surface area (Å²) in [7, 11) is 0. The number of rotatable bonds is 5. The number of carbonyl (C=O) groups is 1. The van der Waals surface area contributed by atoms with Gasteiger partial charge in [-0.05, 0) is 43.3 Å². The van der Waals surface area contributed by atoms with Crippen LogP contribution in [0.25, 0.3) is 0 Å². The number of piperazine rings is 1. The number of nitriles is 1. The van der Waals surface area contributed by atoms with Crippen LogP contribution in [0.1, 0.15) is 6.92 Å². The van der Waals surface area contributed by atoms with Crippen LogP contribution in [0.4, 0.5) is 15.8 Å². The molecule has 0 radical (unpaired) electrons. The molecule has 2 aromatic carbocycles. The maximum Gasteiger partial charge on any atom is 0.266 e. The molecule has 28 heavy (non-hydrogen) atoms. The van der Waals surface area contributed by atoms with Crippen LogP contribution >= 0.6 is 0 Å². The molecule has 3 rings (SSSR count). The van der Waals surface area contributed by atoms with Crippen molar-refractivity contribution >= 4 is 17.3 Å². The molecule has 0 atom stereocenters. The molecule has 1 aliphatic heterocycles. The van der Waals surface area contributed by atoms with E-state index in [4.69, 9.17) is 0 Å². The first kappa shape index (κ1) is 19.4. The standard InChI is InChI=1S/C22H23FN4O/c1-2-25(20-6-4-3-5-7-20)17-18(16-24)22(28)27-14-12-26(13-15-27)21-10-8-19(23)9-11-21/h3-11,17H,2,12-15H2,1H3/b18-17-. The minimum Gasteiger partial charge on any atom is -0.368 e. The van der Waals surface area contributed by atoms with Gasteiger partial charge in [-0.2, -0.15) is 5.26 Å². The number of halogens is 1. The predicted molar refractivity (Wildman–Crippen MR) is 108 cm³/mol. The van der Waals surface area contributed by atoms with E-state index in [1.54, 1.807) is 23.2 Å². The van der Waals surface area contributed by atoms with Gasteiger partial charge in [-0.3, -0.25) is 4.79 Å². The van der Waals surface area contributed by atoms with Crippen molar-refractivity contribution in [3.05, 3.63) is 72.2 Å². The lowest BCUT2D eigenvalue weighted by Gasteiger charge is -2.36. The van der Waals surface area contributed by atoms with Crippen molar-refractivity contribution < 1.29 is 9.18 Å². The molecule has 0 N–H and O–H groups in total. The number of nitrogens with zero attached hydrogens (tertiary/aromatic N) is 4. The van der Waals surface area contributed by atoms with E-state index in [1.165, 1.54) is 12.1 Å². The molecule has 144 valence electrons. The highest BCUT2D eigenvalue weighted by Gasteiger charge is 2.24. The summed E-state index contributed by atoms with van der Waals surface area (Å²) in [5, 5.41) is 9.54. The third-order valence-corrected chi connectivity index (χ3v) is 4.82. The van der Waals surface area contributed by atoms with Crippen LogP contribution in [0.15, 0.2) is 66.4 Å². The van der Waals surface area contributed by atoms with Gasteiger partial charge in [-0.15, -0.1) is 0 Å². The molecule has 1 saturated heterocycles. The van der Waals surface area contributed by atoms with E-state index in [9.17, 15) is 14.4 Å². The highest BCUT2D eigenvalue weighted by molar-refractivity contribution is 5.97. The van der Waals surface area contributed by atoms with Gasteiger partial charge >= 0.3 is 0 Å². The summed E-state index contributed by atoms with van der Waals surface area (Å²) in [4.78, 5) is 18.5. The Kier molecular flexibility index (Phi) is 6.28. The van der Waals surface area contributed by atoms with Gasteiger partial charge in [-0.1, -0.05) is 18.2 Å². The maximum atomic E-state index is 13.1. The lowest BCUT2D eigenvalue weighted by atomic mass is 10.2. The molecule has 0 unspecified atom stereocenters. The third kappa shape index (κ3) is 4.49. The number of benzene rings is 2. The van der Waals surface area contributed by atoms with E-state index in [-0.39, 0.29) is 17.3 Å². The van der Waals surface area contributed by atoms with Crippen molar-refractivity contribution in [2.45, 2.75) is 6.92 Å². The molecular weight excluding hydrogens is 355 g/mol. The molecule has 1 aliphatic rings. The summed E-state index contributed by atoms with van der Waals surface area (Å²) in [6, 6.07) is 18.1. The number of hydrogen-bond acceptors (Lipinski definition) is 4. The Bertz CT molecular complexity index is 866. The summed E-state index contributed by atoms with van der Waals surface area (Å²) in [5.74, 6) is -0.518. The molecule has 0 aliphatic carbocycles. The van der Waals surface area contributed by atoms with Gasteiger partial charge in [0.05, 0.1) is 0 Å². The van der Waals surface area contributed by atoms with Gasteiger partial charge in [0.1, 0.15) is 17.5 Å². The third-order valence-electron chi connectivity index (χ3n) is 4.82. The summed E-state index contributed by atoms with van der Waals surface area (Å²) >= 11 is 0. The highest BCUT2D eigenvalue weighted by Crippen LogP contribution is 2.19. The fraction of sp³-hybridized carbons (Fsp3) is 0.273. The van der Waals surface area contributed by atoms with Crippen LogP contribution in [-0.4, -0.2) is 43.5 Å². The molecule has 1 amide bonds. The first-order valence-electron chi connectivity index (χ1n) is 9.35. The second kappa shape index (κ2) is 9.05. The van der Waals surface area contributed by atoms with Gasteiger partial charge in [0.2, 0.25) is 0 Å². The lowest BCUT2D eigenvalue weighted by molar-refractivity contribution is -0.127. The van der Waals surface area contributed by atoms with E-state index >= 15 is 0 Å². The number of hydrogen-bond donors (Lipinski definition) is 0. The van der Waals surface area contributed by atoms with E-state index in [0.29, 0.717) is 32.7 Å². The molecule has 0 spiro atoms. The van der Waals surface area contributed by atoms with Crippen LogP contribution in [-0.2, 0) is 4.79 Å². The average molecular weight is 378 g/mol. The number of anilines is 2. The Morgan fingerprint density at radius 2 is 1.75 bits per heavy atom. The second-order valence-corrected chi connectivity index (χ2v) is 6.53. The van der Waals surface area contributed by atoms with Gasteiger partial charge < -0.3 is 14.7 Å². The first-order valence-corrected chi connectivity index (χ1v) is 9.35. The zero-order chi connectivity index (χ0) is 19.9. The number of carbonyl (C=O) groups excluding carboxylic acids is 1. The molecule has 0 aromatic heterocycles. The zero-order valence-electron chi connectivity index (χ0n) is 15.9. The average Bonchev–Trinajstić information content (AvgIpc) is 2.75. The summed E-state index contributed by atoms with van der Waals surface area (Å²) < 4.78 is 13.1. The molecule has 1 fully saturated rings. The molecule has 2 aromatic rings. The minimum absolute atomic E-state index is 0.126.